The van der Waals surface area contributed by atoms with Crippen LogP contribution in [0.3, 0.4) is 0 Å². The van der Waals surface area contributed by atoms with Crippen molar-refractivity contribution in [3.8, 4) is 28.3 Å². The number of aromatic nitrogens is 3. The average Bonchev–Trinajstić information content (AvgIpc) is 3.72. The molecule has 0 fully saturated rings. The Hall–Kier alpha value is -5.68. The Morgan fingerprint density at radius 1 is 0.561 bits per heavy atom. The second-order valence-electron chi connectivity index (χ2n) is 10.2. The molecule has 0 aliphatic carbocycles. The normalized spacial score (nSPS) is 11.9. The van der Waals surface area contributed by atoms with E-state index >= 15 is 0 Å². The van der Waals surface area contributed by atoms with Gasteiger partial charge in [-0.2, -0.15) is 0 Å². The molecule has 9 aromatic rings. The summed E-state index contributed by atoms with van der Waals surface area (Å²) in [6.45, 7) is 0. The van der Waals surface area contributed by atoms with Gasteiger partial charge in [-0.1, -0.05) is 66.7 Å². The molecular formula is C36H21N3O2. The van der Waals surface area contributed by atoms with Crippen LogP contribution >= 0.6 is 0 Å². The predicted molar refractivity (Wildman–Crippen MR) is 164 cm³/mol. The van der Waals surface area contributed by atoms with Gasteiger partial charge in [-0.25, -0.2) is 4.98 Å². The predicted octanol–water partition coefficient (Wildman–Crippen LogP) is 9.55. The minimum absolute atomic E-state index is 0.804. The van der Waals surface area contributed by atoms with E-state index in [9.17, 15) is 0 Å². The number of furan rings is 2. The Kier molecular flexibility index (Phi) is 4.55. The molecule has 9 rings (SSSR count). The van der Waals surface area contributed by atoms with Crippen molar-refractivity contribution >= 4 is 54.9 Å². The fourth-order valence-electron chi connectivity index (χ4n) is 6.03. The molecule has 192 valence electrons. The third kappa shape index (κ3) is 3.23. The van der Waals surface area contributed by atoms with Gasteiger partial charge < -0.3 is 8.83 Å². The molecule has 5 nitrogen and oxygen atoms in total. The highest BCUT2D eigenvalue weighted by Gasteiger charge is 2.21. The van der Waals surface area contributed by atoms with Crippen LogP contribution in [0.5, 0.6) is 0 Å². The summed E-state index contributed by atoms with van der Waals surface area (Å²) >= 11 is 0. The van der Waals surface area contributed by atoms with Crippen molar-refractivity contribution in [2.45, 2.75) is 0 Å². The van der Waals surface area contributed by atoms with E-state index in [1.54, 1.807) is 6.20 Å². The standard InChI is InChI=1S/C36H21N3O2/c1-5-14-31-24(9-1)26-21-27-25-10-2-6-15-32(25)41-35(27)33(34(26)40-31)22-16-18-23(19-17-22)39-30-13-4-3-11-28(30)38-36(39)29-12-7-8-20-37-29/h1-21H. The number of nitrogens with zero attached hydrogens (tertiary/aromatic N) is 3. The second kappa shape index (κ2) is 8.41. The molecule has 0 N–H and O–H groups in total. The maximum Gasteiger partial charge on any atom is 0.164 e. The molecule has 0 aliphatic rings. The van der Waals surface area contributed by atoms with Gasteiger partial charge in [0.2, 0.25) is 0 Å². The first-order valence-electron chi connectivity index (χ1n) is 13.6. The summed E-state index contributed by atoms with van der Waals surface area (Å²) in [4.78, 5) is 9.54. The molecule has 5 heteroatoms. The molecule has 41 heavy (non-hydrogen) atoms. The van der Waals surface area contributed by atoms with Crippen LogP contribution in [0.25, 0.3) is 83.2 Å². The Morgan fingerprint density at radius 3 is 1.88 bits per heavy atom. The van der Waals surface area contributed by atoms with E-state index in [0.29, 0.717) is 0 Å². The molecule has 0 unspecified atom stereocenters. The topological polar surface area (TPSA) is 57.0 Å². The van der Waals surface area contributed by atoms with Gasteiger partial charge in [0, 0.05) is 33.4 Å². The number of rotatable bonds is 3. The Morgan fingerprint density at radius 2 is 1.20 bits per heavy atom. The molecule has 0 spiro atoms. The number of hydrogen-bond donors (Lipinski definition) is 0. The largest absolute Gasteiger partial charge is 0.455 e. The number of benzene rings is 5. The third-order valence-electron chi connectivity index (χ3n) is 7.88. The quantitative estimate of drug-likeness (QED) is 0.230. The Bertz CT molecular complexity index is 2320. The van der Waals surface area contributed by atoms with Crippen molar-refractivity contribution < 1.29 is 8.83 Å². The zero-order valence-electron chi connectivity index (χ0n) is 21.8. The fourth-order valence-corrected chi connectivity index (χ4v) is 6.03. The molecule has 4 heterocycles. The third-order valence-corrected chi connectivity index (χ3v) is 7.88. The number of imidazole rings is 1. The van der Waals surface area contributed by atoms with Crippen molar-refractivity contribution in [2.24, 2.45) is 0 Å². The number of fused-ring (bicyclic) bond motifs is 7. The van der Waals surface area contributed by atoms with Crippen LogP contribution in [0.1, 0.15) is 0 Å². The minimum atomic E-state index is 0.804. The van der Waals surface area contributed by atoms with Gasteiger partial charge in [0.15, 0.2) is 5.82 Å². The van der Waals surface area contributed by atoms with Gasteiger partial charge in [0.25, 0.3) is 0 Å². The van der Waals surface area contributed by atoms with E-state index in [1.165, 1.54) is 0 Å². The van der Waals surface area contributed by atoms with Gasteiger partial charge in [-0.15, -0.1) is 0 Å². The number of para-hydroxylation sites is 4. The Labute approximate surface area is 233 Å². The van der Waals surface area contributed by atoms with Crippen LogP contribution < -0.4 is 0 Å². The van der Waals surface area contributed by atoms with Crippen LogP contribution in [-0.4, -0.2) is 14.5 Å². The molecule has 4 aromatic heterocycles. The summed E-state index contributed by atoms with van der Waals surface area (Å²) in [5.74, 6) is 0.804. The van der Waals surface area contributed by atoms with Crippen molar-refractivity contribution in [3.63, 3.8) is 0 Å². The molecule has 0 saturated carbocycles. The molecule has 0 atom stereocenters. The van der Waals surface area contributed by atoms with E-state index in [0.717, 1.165) is 83.2 Å². The van der Waals surface area contributed by atoms with E-state index in [4.69, 9.17) is 13.8 Å². The van der Waals surface area contributed by atoms with E-state index < -0.39 is 0 Å². The lowest BCUT2D eigenvalue weighted by molar-refractivity contribution is 0.658. The zero-order chi connectivity index (χ0) is 26.9. The monoisotopic (exact) mass is 527 g/mol. The summed E-state index contributed by atoms with van der Waals surface area (Å²) in [6.07, 6.45) is 1.80. The summed E-state index contributed by atoms with van der Waals surface area (Å²) in [5.41, 5.74) is 9.13. The van der Waals surface area contributed by atoms with Crippen molar-refractivity contribution in [1.29, 1.82) is 0 Å². The van der Waals surface area contributed by atoms with Gasteiger partial charge in [0.1, 0.15) is 28.0 Å². The molecular weight excluding hydrogens is 506 g/mol. The highest BCUT2D eigenvalue weighted by Crippen LogP contribution is 2.44. The highest BCUT2D eigenvalue weighted by atomic mass is 16.3. The van der Waals surface area contributed by atoms with Crippen molar-refractivity contribution in [2.75, 3.05) is 0 Å². The molecule has 5 aromatic carbocycles. The second-order valence-corrected chi connectivity index (χ2v) is 10.2. The lowest BCUT2D eigenvalue weighted by Crippen LogP contribution is -1.98. The summed E-state index contributed by atoms with van der Waals surface area (Å²) in [5, 5.41) is 4.35. The van der Waals surface area contributed by atoms with Gasteiger partial charge in [-0.3, -0.25) is 9.55 Å². The van der Waals surface area contributed by atoms with Crippen LogP contribution in [0.4, 0.5) is 0 Å². The van der Waals surface area contributed by atoms with Gasteiger partial charge in [0.05, 0.1) is 16.6 Å². The molecule has 0 aliphatic heterocycles. The van der Waals surface area contributed by atoms with Crippen LogP contribution in [0.2, 0.25) is 0 Å². The van der Waals surface area contributed by atoms with Crippen LogP contribution in [0.15, 0.2) is 136 Å². The summed E-state index contributed by atoms with van der Waals surface area (Å²) < 4.78 is 15.2. The van der Waals surface area contributed by atoms with Crippen molar-refractivity contribution in [3.05, 3.63) is 128 Å². The van der Waals surface area contributed by atoms with Crippen LogP contribution in [0, 0.1) is 0 Å². The van der Waals surface area contributed by atoms with E-state index in [1.807, 2.05) is 60.7 Å². The van der Waals surface area contributed by atoms with E-state index in [-0.39, 0.29) is 0 Å². The van der Waals surface area contributed by atoms with E-state index in [2.05, 4.69) is 70.2 Å². The SMILES string of the molecule is c1ccc(-c2nc3ccccc3n2-c2ccc(-c3c4oc5ccccc5c4cc4c3oc3ccccc34)cc2)nc1. The van der Waals surface area contributed by atoms with Crippen molar-refractivity contribution in [1.82, 2.24) is 14.5 Å². The number of pyridine rings is 1. The lowest BCUT2D eigenvalue weighted by Gasteiger charge is -2.11. The highest BCUT2D eigenvalue weighted by molar-refractivity contribution is 6.21. The first-order chi connectivity index (χ1) is 20.3. The zero-order valence-corrected chi connectivity index (χ0v) is 21.8. The first kappa shape index (κ1) is 22.2. The summed E-state index contributed by atoms with van der Waals surface area (Å²) in [7, 11) is 0. The summed E-state index contributed by atoms with van der Waals surface area (Å²) in [6, 6.07) is 41.2. The Balaban J connectivity index is 1.30. The molecule has 0 radical (unpaired) electrons. The average molecular weight is 528 g/mol. The maximum absolute atomic E-state index is 6.50. The first-order valence-corrected chi connectivity index (χ1v) is 13.6. The van der Waals surface area contributed by atoms with Gasteiger partial charge >= 0.3 is 0 Å². The van der Waals surface area contributed by atoms with Crippen LogP contribution in [-0.2, 0) is 0 Å². The smallest absolute Gasteiger partial charge is 0.164 e. The lowest BCUT2D eigenvalue weighted by atomic mass is 9.98. The van der Waals surface area contributed by atoms with Gasteiger partial charge in [-0.05, 0) is 60.2 Å². The minimum Gasteiger partial charge on any atom is -0.455 e. The molecule has 0 saturated heterocycles. The fraction of sp³-hybridized carbons (Fsp3) is 0. The number of hydrogen-bond acceptors (Lipinski definition) is 4. The maximum atomic E-state index is 6.50. The molecule has 0 bridgehead atoms. The molecule has 0 amide bonds.